The summed E-state index contributed by atoms with van der Waals surface area (Å²) in [5, 5.41) is 0. The topological polar surface area (TPSA) is 12.5 Å². The van der Waals surface area contributed by atoms with E-state index in [0.29, 0.717) is 11.5 Å². The van der Waals surface area contributed by atoms with Gasteiger partial charge in [0.15, 0.2) is 0 Å². The molecule has 22 heavy (non-hydrogen) atoms. The molecule has 0 radical (unpaired) electrons. The molecule has 2 fully saturated rings. The molecule has 2 heteroatoms. The second kappa shape index (κ2) is 5.42. The van der Waals surface area contributed by atoms with Crippen molar-refractivity contribution in [1.29, 1.82) is 0 Å². The van der Waals surface area contributed by atoms with E-state index in [2.05, 4.69) is 35.8 Å². The van der Waals surface area contributed by atoms with Gasteiger partial charge in [-0.15, -0.1) is 6.58 Å². The lowest BCUT2D eigenvalue weighted by molar-refractivity contribution is -0.00517. The molecule has 0 aromatic heterocycles. The molecule has 1 saturated heterocycles. The van der Waals surface area contributed by atoms with Crippen molar-refractivity contribution < 1.29 is 4.74 Å². The van der Waals surface area contributed by atoms with Gasteiger partial charge in [-0.25, -0.2) is 0 Å². The second-order valence-electron chi connectivity index (χ2n) is 7.34. The summed E-state index contributed by atoms with van der Waals surface area (Å²) < 4.78 is 5.53. The van der Waals surface area contributed by atoms with E-state index in [0.717, 1.165) is 18.2 Å². The third-order valence-electron chi connectivity index (χ3n) is 6.52. The summed E-state index contributed by atoms with van der Waals surface area (Å²) in [7, 11) is 1.79. The number of fused-ring (bicyclic) bond motifs is 1. The first kappa shape index (κ1) is 14.3. The van der Waals surface area contributed by atoms with Gasteiger partial charge in [0.25, 0.3) is 0 Å². The van der Waals surface area contributed by atoms with Crippen LogP contribution in [-0.2, 0) is 11.8 Å². The molecule has 1 aromatic carbocycles. The number of piperidine rings is 1. The van der Waals surface area contributed by atoms with Gasteiger partial charge in [-0.3, -0.25) is 4.90 Å². The number of nitrogens with zero attached hydrogens (tertiary/aromatic N) is 1. The van der Waals surface area contributed by atoms with E-state index in [9.17, 15) is 0 Å². The summed E-state index contributed by atoms with van der Waals surface area (Å²) in [4.78, 5) is 2.69. The van der Waals surface area contributed by atoms with Gasteiger partial charge in [-0.2, -0.15) is 0 Å². The van der Waals surface area contributed by atoms with Crippen molar-refractivity contribution in [2.75, 3.05) is 20.2 Å². The van der Waals surface area contributed by atoms with E-state index in [1.165, 1.54) is 45.1 Å². The number of benzene rings is 1. The maximum Gasteiger partial charge on any atom is 0.119 e. The summed E-state index contributed by atoms with van der Waals surface area (Å²) in [6, 6.07) is 7.54. The van der Waals surface area contributed by atoms with Crippen LogP contribution in [0.3, 0.4) is 0 Å². The number of hydrogen-bond donors (Lipinski definition) is 0. The van der Waals surface area contributed by atoms with Gasteiger partial charge in [0, 0.05) is 18.0 Å². The largest absolute Gasteiger partial charge is 0.497 e. The minimum atomic E-state index is 0.419. The number of ether oxygens (including phenoxy) is 1. The van der Waals surface area contributed by atoms with Crippen molar-refractivity contribution >= 4 is 0 Å². The Morgan fingerprint density at radius 2 is 2.27 bits per heavy atom. The molecule has 2 bridgehead atoms. The standard InChI is InChI=1S/C20H27NO/c1-3-11-21-12-10-20-9-5-4-6-17(20)19(21)13-15-7-8-16(22-2)14-18(15)20/h3,7-8,14,17,19H,1,4-6,9-13H2,2H3/t17-,19+,20+/m0/s1. The second-order valence-corrected chi connectivity index (χ2v) is 7.34. The van der Waals surface area contributed by atoms with Gasteiger partial charge in [-0.05, 0) is 61.4 Å². The van der Waals surface area contributed by atoms with Gasteiger partial charge in [0.2, 0.25) is 0 Å². The number of likely N-dealkylation sites (tertiary alicyclic amines) is 1. The Morgan fingerprint density at radius 1 is 1.36 bits per heavy atom. The monoisotopic (exact) mass is 297 g/mol. The van der Waals surface area contributed by atoms with Crippen LogP contribution >= 0.6 is 0 Å². The minimum Gasteiger partial charge on any atom is -0.497 e. The summed E-state index contributed by atoms with van der Waals surface area (Å²) in [5.41, 5.74) is 3.60. The van der Waals surface area contributed by atoms with Crippen molar-refractivity contribution in [3.8, 4) is 5.75 Å². The zero-order chi connectivity index (χ0) is 15.2. The smallest absolute Gasteiger partial charge is 0.119 e. The Balaban J connectivity index is 1.82. The van der Waals surface area contributed by atoms with E-state index < -0.39 is 0 Å². The fraction of sp³-hybridized carbons (Fsp3) is 0.600. The Kier molecular flexibility index (Phi) is 3.53. The highest BCUT2D eigenvalue weighted by atomic mass is 16.5. The molecule has 1 heterocycles. The molecule has 3 atom stereocenters. The van der Waals surface area contributed by atoms with Crippen molar-refractivity contribution in [2.24, 2.45) is 5.92 Å². The van der Waals surface area contributed by atoms with Crippen molar-refractivity contribution in [3.63, 3.8) is 0 Å². The lowest BCUT2D eigenvalue weighted by atomic mass is 9.52. The molecule has 4 rings (SSSR count). The molecule has 1 saturated carbocycles. The van der Waals surface area contributed by atoms with Gasteiger partial charge in [0.1, 0.15) is 5.75 Å². The highest BCUT2D eigenvalue weighted by molar-refractivity contribution is 5.45. The van der Waals surface area contributed by atoms with E-state index in [1.807, 2.05) is 0 Å². The number of hydrogen-bond acceptors (Lipinski definition) is 2. The molecular formula is C20H27NO. The predicted octanol–water partition coefficient (Wildman–Crippen LogP) is 3.94. The molecule has 118 valence electrons. The van der Waals surface area contributed by atoms with Crippen LogP contribution in [0.5, 0.6) is 5.75 Å². The first-order valence-corrected chi connectivity index (χ1v) is 8.81. The van der Waals surface area contributed by atoms with Crippen LogP contribution in [-0.4, -0.2) is 31.1 Å². The molecule has 2 nitrogen and oxygen atoms in total. The molecule has 0 N–H and O–H groups in total. The zero-order valence-electron chi connectivity index (χ0n) is 13.7. The van der Waals surface area contributed by atoms with Crippen LogP contribution in [0, 0.1) is 5.92 Å². The van der Waals surface area contributed by atoms with Crippen LogP contribution in [0.15, 0.2) is 30.9 Å². The Labute approximate surface area is 134 Å². The lowest BCUT2D eigenvalue weighted by Gasteiger charge is -2.59. The Morgan fingerprint density at radius 3 is 3.09 bits per heavy atom. The molecular weight excluding hydrogens is 270 g/mol. The fourth-order valence-electron chi connectivity index (χ4n) is 5.58. The number of rotatable bonds is 3. The predicted molar refractivity (Wildman–Crippen MR) is 90.5 cm³/mol. The third kappa shape index (κ3) is 1.96. The highest BCUT2D eigenvalue weighted by Gasteiger charge is 2.53. The van der Waals surface area contributed by atoms with Gasteiger partial charge >= 0.3 is 0 Å². The zero-order valence-corrected chi connectivity index (χ0v) is 13.7. The Hall–Kier alpha value is -1.28. The van der Waals surface area contributed by atoms with E-state index >= 15 is 0 Å². The SMILES string of the molecule is C=CCN1CC[C@]23CCCC[C@H]2[C@H]1Cc1ccc(OC)cc13. The Bertz CT molecular complexity index is 581. The first-order valence-electron chi connectivity index (χ1n) is 8.81. The van der Waals surface area contributed by atoms with Crippen LogP contribution in [0.25, 0.3) is 0 Å². The first-order chi connectivity index (χ1) is 10.8. The maximum atomic E-state index is 5.53. The third-order valence-corrected chi connectivity index (χ3v) is 6.52. The minimum absolute atomic E-state index is 0.419. The average molecular weight is 297 g/mol. The van der Waals surface area contributed by atoms with E-state index in [1.54, 1.807) is 18.2 Å². The van der Waals surface area contributed by atoms with Gasteiger partial charge in [0.05, 0.1) is 7.11 Å². The summed E-state index contributed by atoms with van der Waals surface area (Å²) in [5.74, 6) is 1.86. The normalized spacial score (nSPS) is 33.7. The molecule has 1 aliphatic heterocycles. The molecule has 3 aliphatic rings. The van der Waals surface area contributed by atoms with Gasteiger partial charge in [-0.1, -0.05) is 25.0 Å². The summed E-state index contributed by atoms with van der Waals surface area (Å²) >= 11 is 0. The lowest BCUT2D eigenvalue weighted by Crippen LogP contribution is -2.60. The quantitative estimate of drug-likeness (QED) is 0.784. The molecule has 2 aliphatic carbocycles. The van der Waals surface area contributed by atoms with Crippen LogP contribution in [0.2, 0.25) is 0 Å². The molecule has 0 spiro atoms. The van der Waals surface area contributed by atoms with Crippen LogP contribution < -0.4 is 4.74 Å². The molecule has 0 unspecified atom stereocenters. The van der Waals surface area contributed by atoms with E-state index in [-0.39, 0.29) is 0 Å². The summed E-state index contributed by atoms with van der Waals surface area (Å²) in [6.45, 7) is 6.24. The van der Waals surface area contributed by atoms with E-state index in [4.69, 9.17) is 4.74 Å². The average Bonchev–Trinajstić information content (AvgIpc) is 2.57. The summed E-state index contributed by atoms with van der Waals surface area (Å²) in [6.07, 6.45) is 10.2. The van der Waals surface area contributed by atoms with Gasteiger partial charge < -0.3 is 4.74 Å². The van der Waals surface area contributed by atoms with Crippen LogP contribution in [0.1, 0.15) is 43.2 Å². The van der Waals surface area contributed by atoms with Crippen molar-refractivity contribution in [2.45, 2.75) is 50.0 Å². The molecule has 1 aromatic rings. The number of methoxy groups -OCH3 is 1. The fourth-order valence-corrected chi connectivity index (χ4v) is 5.58. The molecule has 0 amide bonds. The highest BCUT2D eigenvalue weighted by Crippen LogP contribution is 2.56. The van der Waals surface area contributed by atoms with Crippen molar-refractivity contribution in [1.82, 2.24) is 4.90 Å². The maximum absolute atomic E-state index is 5.53. The van der Waals surface area contributed by atoms with Crippen molar-refractivity contribution in [3.05, 3.63) is 42.0 Å². The van der Waals surface area contributed by atoms with Crippen LogP contribution in [0.4, 0.5) is 0 Å².